The van der Waals surface area contributed by atoms with Crippen LogP contribution in [0.2, 0.25) is 0 Å². The average molecular weight is 320 g/mol. The molecule has 1 aromatic heterocycles. The molecule has 2 heterocycles. The van der Waals surface area contributed by atoms with E-state index >= 15 is 0 Å². The second-order valence-electron chi connectivity index (χ2n) is 5.75. The van der Waals surface area contributed by atoms with E-state index in [1.54, 1.807) is 44.4 Å². The highest BCUT2D eigenvalue weighted by atomic mass is 16.5. The van der Waals surface area contributed by atoms with Crippen LogP contribution in [0.15, 0.2) is 18.3 Å². The van der Waals surface area contributed by atoms with Gasteiger partial charge in [-0.2, -0.15) is 0 Å². The maximum Gasteiger partial charge on any atom is 0.254 e. The Morgan fingerprint density at radius 2 is 2.22 bits per heavy atom. The summed E-state index contributed by atoms with van der Waals surface area (Å²) in [7, 11) is 4.96. The van der Waals surface area contributed by atoms with Crippen LogP contribution in [-0.2, 0) is 9.53 Å². The van der Waals surface area contributed by atoms with Crippen molar-refractivity contribution in [3.05, 3.63) is 23.9 Å². The van der Waals surface area contributed by atoms with Crippen LogP contribution in [0.1, 0.15) is 29.6 Å². The van der Waals surface area contributed by atoms with Crippen LogP contribution in [-0.4, -0.2) is 61.6 Å². The van der Waals surface area contributed by atoms with Crippen LogP contribution in [0, 0.1) is 0 Å². The standard InChI is InChI=1S/C16H24N4O3/c1-17-13-9-12(5-7-19-13)15(22)20-8-4-6-16(20,11-23-3)10-14(21)18-2/h5,7,9H,4,6,8,10-11H2,1-3H3,(H,17,19)(H,18,21)/t16-/m0/s1. The number of amides is 2. The van der Waals surface area contributed by atoms with Gasteiger partial charge in [0.1, 0.15) is 5.82 Å². The Bertz CT molecular complexity index is 578. The molecule has 1 fully saturated rings. The molecule has 1 atom stereocenters. The van der Waals surface area contributed by atoms with Crippen molar-refractivity contribution in [2.45, 2.75) is 24.8 Å². The fourth-order valence-corrected chi connectivity index (χ4v) is 3.15. The van der Waals surface area contributed by atoms with Crippen LogP contribution in [0.25, 0.3) is 0 Å². The number of carbonyl (C=O) groups excluding carboxylic acids is 2. The molecule has 1 aromatic rings. The van der Waals surface area contributed by atoms with Gasteiger partial charge >= 0.3 is 0 Å². The first-order valence-electron chi connectivity index (χ1n) is 7.71. The highest BCUT2D eigenvalue weighted by molar-refractivity contribution is 5.96. The number of aromatic nitrogens is 1. The lowest BCUT2D eigenvalue weighted by Gasteiger charge is -2.37. The summed E-state index contributed by atoms with van der Waals surface area (Å²) in [5, 5.41) is 5.57. The minimum atomic E-state index is -0.588. The fraction of sp³-hybridized carbons (Fsp3) is 0.562. The van der Waals surface area contributed by atoms with Gasteiger partial charge < -0.3 is 20.3 Å². The van der Waals surface area contributed by atoms with E-state index in [2.05, 4.69) is 15.6 Å². The molecule has 7 heteroatoms. The van der Waals surface area contributed by atoms with Gasteiger partial charge in [0.25, 0.3) is 5.91 Å². The predicted octanol–water partition coefficient (Wildman–Crippen LogP) is 0.881. The van der Waals surface area contributed by atoms with Gasteiger partial charge in [-0.3, -0.25) is 9.59 Å². The molecule has 1 aliphatic heterocycles. The molecule has 126 valence electrons. The molecular weight excluding hydrogens is 296 g/mol. The summed E-state index contributed by atoms with van der Waals surface area (Å²) < 4.78 is 5.34. The van der Waals surface area contributed by atoms with Crippen molar-refractivity contribution in [1.29, 1.82) is 0 Å². The number of ether oxygens (including phenoxy) is 1. The zero-order valence-electron chi connectivity index (χ0n) is 13.9. The summed E-state index contributed by atoms with van der Waals surface area (Å²) in [5.74, 6) is 0.452. The normalized spacial score (nSPS) is 20.4. The molecule has 2 rings (SSSR count). The topological polar surface area (TPSA) is 83.6 Å². The number of carbonyl (C=O) groups is 2. The Balaban J connectivity index is 2.30. The molecule has 0 spiro atoms. The highest BCUT2D eigenvalue weighted by Gasteiger charge is 2.45. The Morgan fingerprint density at radius 3 is 2.87 bits per heavy atom. The third-order valence-corrected chi connectivity index (χ3v) is 4.29. The molecule has 0 aromatic carbocycles. The van der Waals surface area contributed by atoms with Crippen molar-refractivity contribution >= 4 is 17.6 Å². The first-order valence-corrected chi connectivity index (χ1v) is 7.71. The van der Waals surface area contributed by atoms with Crippen LogP contribution in [0.3, 0.4) is 0 Å². The number of pyridine rings is 1. The van der Waals surface area contributed by atoms with Gasteiger partial charge in [-0.05, 0) is 25.0 Å². The molecule has 1 saturated heterocycles. The van der Waals surface area contributed by atoms with Gasteiger partial charge in [0.15, 0.2) is 0 Å². The van der Waals surface area contributed by atoms with Crippen molar-refractivity contribution in [1.82, 2.24) is 15.2 Å². The van der Waals surface area contributed by atoms with Crippen LogP contribution in [0.5, 0.6) is 0 Å². The van der Waals surface area contributed by atoms with E-state index < -0.39 is 5.54 Å². The van der Waals surface area contributed by atoms with Crippen LogP contribution >= 0.6 is 0 Å². The van der Waals surface area contributed by atoms with E-state index in [-0.39, 0.29) is 18.2 Å². The van der Waals surface area contributed by atoms with E-state index in [1.165, 1.54) is 0 Å². The van der Waals surface area contributed by atoms with Gasteiger partial charge in [-0.25, -0.2) is 4.98 Å². The van der Waals surface area contributed by atoms with Crippen LogP contribution < -0.4 is 10.6 Å². The summed E-state index contributed by atoms with van der Waals surface area (Å²) in [6.45, 7) is 0.965. The second-order valence-corrected chi connectivity index (χ2v) is 5.75. The maximum atomic E-state index is 13.0. The molecular formula is C16H24N4O3. The molecule has 23 heavy (non-hydrogen) atoms. The number of hydrogen-bond acceptors (Lipinski definition) is 5. The van der Waals surface area contributed by atoms with Gasteiger partial charge in [0, 0.05) is 39.5 Å². The molecule has 0 bridgehead atoms. The zero-order chi connectivity index (χ0) is 16.9. The van der Waals surface area contributed by atoms with Crippen molar-refractivity contribution in [3.8, 4) is 0 Å². The first kappa shape index (κ1) is 17.2. The minimum absolute atomic E-state index is 0.0904. The zero-order valence-corrected chi connectivity index (χ0v) is 13.9. The van der Waals surface area contributed by atoms with Crippen molar-refractivity contribution in [2.24, 2.45) is 0 Å². The number of anilines is 1. The monoisotopic (exact) mass is 320 g/mol. The van der Waals surface area contributed by atoms with Gasteiger partial charge in [-0.15, -0.1) is 0 Å². The summed E-state index contributed by atoms with van der Waals surface area (Å²) in [6, 6.07) is 3.41. The number of nitrogens with zero attached hydrogens (tertiary/aromatic N) is 2. The van der Waals surface area contributed by atoms with E-state index in [0.717, 1.165) is 12.8 Å². The summed E-state index contributed by atoms with van der Waals surface area (Å²) in [5.41, 5.74) is -0.0294. The average Bonchev–Trinajstić information content (AvgIpc) is 2.97. The Kier molecular flexibility index (Phi) is 5.54. The summed E-state index contributed by atoms with van der Waals surface area (Å²) in [6.07, 6.45) is 3.46. The largest absolute Gasteiger partial charge is 0.382 e. The molecule has 2 N–H and O–H groups in total. The molecule has 2 amide bonds. The Labute approximate surface area is 136 Å². The first-order chi connectivity index (χ1) is 11.1. The number of rotatable bonds is 6. The lowest BCUT2D eigenvalue weighted by molar-refractivity contribution is -0.123. The lowest BCUT2D eigenvalue weighted by Crippen LogP contribution is -2.52. The van der Waals surface area contributed by atoms with Crippen LogP contribution in [0.4, 0.5) is 5.82 Å². The predicted molar refractivity (Wildman–Crippen MR) is 87.3 cm³/mol. The Hall–Kier alpha value is -2.15. The summed E-state index contributed by atoms with van der Waals surface area (Å²) >= 11 is 0. The minimum Gasteiger partial charge on any atom is -0.382 e. The second kappa shape index (κ2) is 7.41. The van der Waals surface area contributed by atoms with Crippen molar-refractivity contribution in [3.63, 3.8) is 0 Å². The van der Waals surface area contributed by atoms with Gasteiger partial charge in [0.2, 0.25) is 5.91 Å². The van der Waals surface area contributed by atoms with E-state index in [1.807, 2.05) is 0 Å². The SMILES string of the molecule is CNC(=O)C[C@]1(COC)CCCN1C(=O)c1ccnc(NC)c1. The number of methoxy groups -OCH3 is 1. The van der Waals surface area contributed by atoms with Gasteiger partial charge in [-0.1, -0.05) is 0 Å². The molecule has 0 aliphatic carbocycles. The molecule has 0 saturated carbocycles. The molecule has 7 nitrogen and oxygen atoms in total. The fourth-order valence-electron chi connectivity index (χ4n) is 3.15. The summed E-state index contributed by atoms with van der Waals surface area (Å²) in [4.78, 5) is 30.8. The lowest BCUT2D eigenvalue weighted by atomic mass is 9.91. The third kappa shape index (κ3) is 3.61. The maximum absolute atomic E-state index is 13.0. The Morgan fingerprint density at radius 1 is 1.43 bits per heavy atom. The number of likely N-dealkylation sites (tertiary alicyclic amines) is 1. The van der Waals surface area contributed by atoms with E-state index in [9.17, 15) is 9.59 Å². The third-order valence-electron chi connectivity index (χ3n) is 4.29. The van der Waals surface area contributed by atoms with E-state index in [4.69, 9.17) is 4.74 Å². The quantitative estimate of drug-likeness (QED) is 0.813. The highest BCUT2D eigenvalue weighted by Crippen LogP contribution is 2.34. The van der Waals surface area contributed by atoms with E-state index in [0.29, 0.717) is 24.5 Å². The smallest absolute Gasteiger partial charge is 0.254 e. The number of nitrogens with one attached hydrogen (secondary N) is 2. The molecule has 0 radical (unpaired) electrons. The van der Waals surface area contributed by atoms with Crippen molar-refractivity contribution in [2.75, 3.05) is 39.7 Å². The van der Waals surface area contributed by atoms with Gasteiger partial charge in [0.05, 0.1) is 18.6 Å². The molecule has 1 aliphatic rings. The number of hydrogen-bond donors (Lipinski definition) is 2. The molecule has 0 unspecified atom stereocenters. The van der Waals surface area contributed by atoms with Crippen molar-refractivity contribution < 1.29 is 14.3 Å².